The summed E-state index contributed by atoms with van der Waals surface area (Å²) in [5.74, 6) is 0.00641. The molecular formula is C16H22BrNO2. The summed E-state index contributed by atoms with van der Waals surface area (Å²) in [4.78, 5) is 12.3. The van der Waals surface area contributed by atoms with Gasteiger partial charge in [-0.2, -0.15) is 0 Å². The Morgan fingerprint density at radius 3 is 2.65 bits per heavy atom. The maximum absolute atomic E-state index is 12.3. The van der Waals surface area contributed by atoms with Crippen molar-refractivity contribution in [2.45, 2.75) is 39.9 Å². The van der Waals surface area contributed by atoms with E-state index in [9.17, 15) is 4.79 Å². The average molecular weight is 340 g/mol. The molecule has 1 aliphatic rings. The minimum Gasteiger partial charge on any atom is -0.372 e. The van der Waals surface area contributed by atoms with Crippen LogP contribution in [0.15, 0.2) is 18.2 Å². The molecule has 1 aromatic rings. The average Bonchev–Trinajstić information content (AvgIpc) is 2.96. The van der Waals surface area contributed by atoms with Gasteiger partial charge in [-0.3, -0.25) is 4.79 Å². The van der Waals surface area contributed by atoms with Crippen molar-refractivity contribution in [3.8, 4) is 0 Å². The predicted octanol–water partition coefficient (Wildman–Crippen LogP) is 3.65. The number of carbonyl (C=O) groups excluding carboxylic acids is 1. The van der Waals surface area contributed by atoms with Gasteiger partial charge in [-0.1, -0.05) is 35.8 Å². The Bertz CT molecular complexity index is 475. The summed E-state index contributed by atoms with van der Waals surface area (Å²) in [7, 11) is 0. The van der Waals surface area contributed by atoms with Crippen molar-refractivity contribution in [1.29, 1.82) is 0 Å². The number of benzene rings is 1. The van der Waals surface area contributed by atoms with Crippen molar-refractivity contribution in [3.05, 3.63) is 34.9 Å². The molecule has 4 heteroatoms. The molecule has 0 atom stereocenters. The molecule has 0 bridgehead atoms. The molecule has 3 nitrogen and oxygen atoms in total. The number of hydrogen-bond acceptors (Lipinski definition) is 2. The van der Waals surface area contributed by atoms with Gasteiger partial charge in [-0.25, -0.2) is 0 Å². The molecule has 0 fully saturated rings. The van der Waals surface area contributed by atoms with Crippen LogP contribution in [0.25, 0.3) is 0 Å². The van der Waals surface area contributed by atoms with Gasteiger partial charge in [-0.05, 0) is 41.5 Å². The van der Waals surface area contributed by atoms with Crippen LogP contribution in [0, 0.1) is 5.41 Å². The number of rotatable bonds is 6. The van der Waals surface area contributed by atoms with Gasteiger partial charge in [-0.15, -0.1) is 0 Å². The van der Waals surface area contributed by atoms with E-state index in [0.29, 0.717) is 19.8 Å². The van der Waals surface area contributed by atoms with Crippen molar-refractivity contribution in [2.75, 3.05) is 11.9 Å². The molecule has 2 rings (SSSR count). The molecule has 1 aliphatic heterocycles. The van der Waals surface area contributed by atoms with E-state index >= 15 is 0 Å². The second kappa shape index (κ2) is 6.72. The molecule has 1 N–H and O–H groups in total. The van der Waals surface area contributed by atoms with Gasteiger partial charge in [0, 0.05) is 17.4 Å². The Morgan fingerprint density at radius 2 is 2.00 bits per heavy atom. The standard InChI is InChI=1S/C16H22BrNO2/c1-3-16(4-2,10-17)11-18-15(19)12-5-6-13-8-20-9-14(13)7-12/h5-7H,3-4,8-11H2,1-2H3,(H,18,19). The summed E-state index contributed by atoms with van der Waals surface area (Å²) >= 11 is 3.57. The molecular weight excluding hydrogens is 318 g/mol. The minimum absolute atomic E-state index is 0.00641. The second-order valence-electron chi connectivity index (χ2n) is 5.50. The summed E-state index contributed by atoms with van der Waals surface area (Å²) in [5, 5.41) is 3.98. The fourth-order valence-corrected chi connectivity index (χ4v) is 3.41. The van der Waals surface area contributed by atoms with Crippen molar-refractivity contribution in [1.82, 2.24) is 5.32 Å². The van der Waals surface area contributed by atoms with Gasteiger partial charge in [0.15, 0.2) is 0 Å². The molecule has 0 saturated heterocycles. The Hall–Kier alpha value is -0.870. The van der Waals surface area contributed by atoms with Gasteiger partial charge >= 0.3 is 0 Å². The number of ether oxygens (including phenoxy) is 1. The zero-order chi connectivity index (χ0) is 14.6. The quantitative estimate of drug-likeness (QED) is 0.803. The third-order valence-electron chi connectivity index (χ3n) is 4.39. The van der Waals surface area contributed by atoms with Crippen LogP contribution in [0.1, 0.15) is 48.2 Å². The van der Waals surface area contributed by atoms with Crippen LogP contribution >= 0.6 is 15.9 Å². The first-order valence-corrected chi connectivity index (χ1v) is 8.30. The minimum atomic E-state index is 0.00641. The molecule has 0 unspecified atom stereocenters. The van der Waals surface area contributed by atoms with Crippen LogP contribution in [0.4, 0.5) is 0 Å². The van der Waals surface area contributed by atoms with Crippen LogP contribution < -0.4 is 5.32 Å². The fourth-order valence-electron chi connectivity index (χ4n) is 2.42. The van der Waals surface area contributed by atoms with Gasteiger partial charge in [0.2, 0.25) is 0 Å². The van der Waals surface area contributed by atoms with Crippen LogP contribution in [0.3, 0.4) is 0 Å². The highest BCUT2D eigenvalue weighted by Gasteiger charge is 2.25. The molecule has 1 amide bonds. The highest BCUT2D eigenvalue weighted by atomic mass is 79.9. The van der Waals surface area contributed by atoms with Crippen molar-refractivity contribution in [3.63, 3.8) is 0 Å². The van der Waals surface area contributed by atoms with Crippen molar-refractivity contribution >= 4 is 21.8 Å². The Morgan fingerprint density at radius 1 is 1.30 bits per heavy atom. The van der Waals surface area contributed by atoms with Gasteiger partial charge in [0.05, 0.1) is 13.2 Å². The summed E-state index contributed by atoms with van der Waals surface area (Å²) in [6, 6.07) is 5.83. The Labute approximate surface area is 129 Å². The highest BCUT2D eigenvalue weighted by Crippen LogP contribution is 2.28. The first kappa shape index (κ1) is 15.5. The lowest BCUT2D eigenvalue weighted by Crippen LogP contribution is -2.38. The number of hydrogen-bond donors (Lipinski definition) is 1. The van der Waals surface area contributed by atoms with E-state index in [2.05, 4.69) is 35.1 Å². The molecule has 1 aromatic carbocycles. The largest absolute Gasteiger partial charge is 0.372 e. The van der Waals surface area contributed by atoms with Crippen LogP contribution in [-0.2, 0) is 18.0 Å². The Kier molecular flexibility index (Phi) is 5.22. The van der Waals surface area contributed by atoms with E-state index in [1.165, 1.54) is 5.56 Å². The highest BCUT2D eigenvalue weighted by molar-refractivity contribution is 9.09. The number of carbonyl (C=O) groups is 1. The third-order valence-corrected chi connectivity index (χ3v) is 5.58. The molecule has 110 valence electrons. The summed E-state index contributed by atoms with van der Waals surface area (Å²) in [6.45, 7) is 6.33. The van der Waals surface area contributed by atoms with Crippen molar-refractivity contribution < 1.29 is 9.53 Å². The SMILES string of the molecule is CCC(CC)(CBr)CNC(=O)c1ccc2c(c1)COC2. The zero-order valence-electron chi connectivity index (χ0n) is 12.2. The lowest BCUT2D eigenvalue weighted by molar-refractivity contribution is 0.0932. The van der Waals surface area contributed by atoms with E-state index in [-0.39, 0.29) is 11.3 Å². The number of amides is 1. The number of nitrogens with one attached hydrogen (secondary N) is 1. The van der Waals surface area contributed by atoms with E-state index in [4.69, 9.17) is 4.74 Å². The maximum atomic E-state index is 12.3. The monoisotopic (exact) mass is 339 g/mol. The molecule has 0 aromatic heterocycles. The van der Waals surface area contributed by atoms with E-state index in [0.717, 1.165) is 29.3 Å². The lowest BCUT2D eigenvalue weighted by Gasteiger charge is -2.29. The molecule has 0 radical (unpaired) electrons. The molecule has 0 aliphatic carbocycles. The summed E-state index contributed by atoms with van der Waals surface area (Å²) < 4.78 is 5.38. The fraction of sp³-hybridized carbons (Fsp3) is 0.562. The van der Waals surface area contributed by atoms with E-state index in [1.54, 1.807) is 0 Å². The summed E-state index contributed by atoms with van der Waals surface area (Å²) in [6.07, 6.45) is 2.10. The first-order chi connectivity index (χ1) is 9.64. The number of alkyl halides is 1. The number of fused-ring (bicyclic) bond motifs is 1. The molecule has 1 heterocycles. The number of halogens is 1. The molecule has 0 saturated carbocycles. The van der Waals surface area contributed by atoms with Gasteiger partial charge in [0.1, 0.15) is 0 Å². The first-order valence-electron chi connectivity index (χ1n) is 7.18. The maximum Gasteiger partial charge on any atom is 0.251 e. The topological polar surface area (TPSA) is 38.3 Å². The second-order valence-corrected chi connectivity index (χ2v) is 6.06. The van der Waals surface area contributed by atoms with Crippen LogP contribution in [0.5, 0.6) is 0 Å². The van der Waals surface area contributed by atoms with Gasteiger partial charge < -0.3 is 10.1 Å². The Balaban J connectivity index is 2.02. The predicted molar refractivity (Wildman–Crippen MR) is 84.1 cm³/mol. The third kappa shape index (κ3) is 3.23. The zero-order valence-corrected chi connectivity index (χ0v) is 13.8. The van der Waals surface area contributed by atoms with Gasteiger partial charge in [0.25, 0.3) is 5.91 Å². The van der Waals surface area contributed by atoms with Crippen LogP contribution in [0.2, 0.25) is 0 Å². The van der Waals surface area contributed by atoms with E-state index in [1.807, 2.05) is 18.2 Å². The summed E-state index contributed by atoms with van der Waals surface area (Å²) in [5.41, 5.74) is 3.20. The molecule has 20 heavy (non-hydrogen) atoms. The lowest BCUT2D eigenvalue weighted by atomic mass is 9.84. The van der Waals surface area contributed by atoms with E-state index < -0.39 is 0 Å². The smallest absolute Gasteiger partial charge is 0.251 e. The van der Waals surface area contributed by atoms with Crippen LogP contribution in [-0.4, -0.2) is 17.8 Å². The normalized spacial score (nSPS) is 14.2. The molecule has 0 spiro atoms. The van der Waals surface area contributed by atoms with Crippen molar-refractivity contribution in [2.24, 2.45) is 5.41 Å².